The summed E-state index contributed by atoms with van der Waals surface area (Å²) in [6.45, 7) is 2.26. The van der Waals surface area contributed by atoms with E-state index in [-0.39, 0.29) is 12.8 Å². The minimum Gasteiger partial charge on any atom is -0.480 e. The number of aliphatic carboxylic acids is 1. The first-order valence-corrected chi connectivity index (χ1v) is 6.54. The van der Waals surface area contributed by atoms with Gasteiger partial charge in [0, 0.05) is 39.7 Å². The summed E-state index contributed by atoms with van der Waals surface area (Å²) < 4.78 is 15.1. The van der Waals surface area contributed by atoms with Gasteiger partial charge in [-0.2, -0.15) is 0 Å². The largest absolute Gasteiger partial charge is 0.480 e. The molecule has 0 aliphatic carbocycles. The van der Waals surface area contributed by atoms with Gasteiger partial charge in [0.2, 0.25) is 0 Å². The monoisotopic (exact) mass is 290 g/mol. The van der Waals surface area contributed by atoms with Gasteiger partial charge in [0.15, 0.2) is 0 Å². The van der Waals surface area contributed by atoms with Crippen LogP contribution < -0.4 is 10.6 Å². The summed E-state index contributed by atoms with van der Waals surface area (Å²) in [5.41, 5.74) is -1.24. The lowest BCUT2D eigenvalue weighted by Gasteiger charge is -2.33. The number of ether oxygens (including phenoxy) is 3. The number of nitrogens with one attached hydrogen (secondary N) is 2. The zero-order valence-corrected chi connectivity index (χ0v) is 11.6. The van der Waals surface area contributed by atoms with E-state index in [1.54, 1.807) is 7.11 Å². The molecule has 1 saturated heterocycles. The van der Waals surface area contributed by atoms with Crippen LogP contribution in [0.4, 0.5) is 4.79 Å². The first-order chi connectivity index (χ1) is 9.60. The van der Waals surface area contributed by atoms with Gasteiger partial charge in [0.25, 0.3) is 0 Å². The maximum absolute atomic E-state index is 11.7. The summed E-state index contributed by atoms with van der Waals surface area (Å²) in [6.07, 6.45) is 0.528. The molecule has 0 bridgehead atoms. The molecule has 0 radical (unpaired) electrons. The highest BCUT2D eigenvalue weighted by atomic mass is 16.5. The predicted molar refractivity (Wildman–Crippen MR) is 69.6 cm³/mol. The highest BCUT2D eigenvalue weighted by Crippen LogP contribution is 2.20. The number of amides is 2. The first kappa shape index (κ1) is 16.7. The van der Waals surface area contributed by atoms with E-state index in [0.717, 1.165) is 0 Å². The van der Waals surface area contributed by atoms with Crippen LogP contribution in [-0.4, -0.2) is 69.3 Å². The van der Waals surface area contributed by atoms with Crippen LogP contribution in [0.15, 0.2) is 0 Å². The molecule has 0 unspecified atom stereocenters. The Balaban J connectivity index is 2.27. The normalized spacial score (nSPS) is 17.4. The number of urea groups is 1. The number of hydrogen-bond acceptors (Lipinski definition) is 5. The summed E-state index contributed by atoms with van der Waals surface area (Å²) in [6, 6.07) is -0.510. The van der Waals surface area contributed by atoms with Gasteiger partial charge in [-0.1, -0.05) is 0 Å². The Bertz CT molecular complexity index is 317. The van der Waals surface area contributed by atoms with Crippen molar-refractivity contribution in [2.45, 2.75) is 18.4 Å². The third-order valence-corrected chi connectivity index (χ3v) is 3.07. The molecule has 1 aliphatic heterocycles. The summed E-state index contributed by atoms with van der Waals surface area (Å²) in [5, 5.41) is 14.4. The van der Waals surface area contributed by atoms with Gasteiger partial charge in [-0.15, -0.1) is 0 Å². The Morgan fingerprint density at radius 2 is 1.95 bits per heavy atom. The Morgan fingerprint density at radius 1 is 1.25 bits per heavy atom. The third kappa shape index (κ3) is 5.32. The maximum Gasteiger partial charge on any atom is 0.329 e. The second kappa shape index (κ2) is 8.72. The maximum atomic E-state index is 11.7. The summed E-state index contributed by atoms with van der Waals surface area (Å²) in [5.74, 6) is -1.03. The molecule has 8 nitrogen and oxygen atoms in total. The topological polar surface area (TPSA) is 106 Å². The first-order valence-electron chi connectivity index (χ1n) is 6.54. The van der Waals surface area contributed by atoms with Crippen LogP contribution in [-0.2, 0) is 19.0 Å². The molecule has 0 aromatic rings. The van der Waals surface area contributed by atoms with Crippen molar-refractivity contribution in [3.05, 3.63) is 0 Å². The molecule has 0 aromatic carbocycles. The fourth-order valence-electron chi connectivity index (χ4n) is 1.85. The van der Waals surface area contributed by atoms with Crippen molar-refractivity contribution in [3.8, 4) is 0 Å². The standard InChI is InChI=1S/C12H22N2O6/c1-18-8-9-20-7-4-13-11(17)14-12(10(15)16)2-5-19-6-3-12/h2-9H2,1H3,(H,15,16)(H2,13,14,17). The van der Waals surface area contributed by atoms with E-state index >= 15 is 0 Å². The van der Waals surface area contributed by atoms with Crippen molar-refractivity contribution in [1.29, 1.82) is 0 Å². The number of methoxy groups -OCH3 is 1. The predicted octanol–water partition coefficient (Wildman–Crippen LogP) is -0.418. The van der Waals surface area contributed by atoms with Crippen molar-refractivity contribution in [2.24, 2.45) is 0 Å². The molecule has 0 atom stereocenters. The molecule has 2 amide bonds. The molecule has 1 rings (SSSR count). The van der Waals surface area contributed by atoms with Crippen molar-refractivity contribution >= 4 is 12.0 Å². The van der Waals surface area contributed by atoms with Crippen molar-refractivity contribution in [2.75, 3.05) is 46.7 Å². The molecule has 1 heterocycles. The average molecular weight is 290 g/mol. The zero-order chi connectivity index (χ0) is 14.8. The van der Waals surface area contributed by atoms with Crippen molar-refractivity contribution in [1.82, 2.24) is 10.6 Å². The van der Waals surface area contributed by atoms with Crippen LogP contribution in [0.3, 0.4) is 0 Å². The fourth-order valence-corrected chi connectivity index (χ4v) is 1.85. The molecule has 116 valence electrons. The Hall–Kier alpha value is -1.38. The molecule has 0 spiro atoms. The van der Waals surface area contributed by atoms with E-state index in [0.29, 0.717) is 39.6 Å². The molecule has 0 aromatic heterocycles. The van der Waals surface area contributed by atoms with E-state index in [1.165, 1.54) is 0 Å². The van der Waals surface area contributed by atoms with E-state index in [2.05, 4.69) is 10.6 Å². The lowest BCUT2D eigenvalue weighted by molar-refractivity contribution is -0.148. The molecular formula is C12H22N2O6. The number of carboxylic acid groups (broad SMARTS) is 1. The second-order valence-electron chi connectivity index (χ2n) is 4.49. The molecule has 20 heavy (non-hydrogen) atoms. The summed E-state index contributed by atoms with van der Waals surface area (Å²) >= 11 is 0. The highest BCUT2D eigenvalue weighted by molar-refractivity contribution is 5.86. The summed E-state index contributed by atoms with van der Waals surface area (Å²) in [7, 11) is 1.58. The van der Waals surface area contributed by atoms with E-state index in [9.17, 15) is 14.7 Å². The zero-order valence-electron chi connectivity index (χ0n) is 11.6. The van der Waals surface area contributed by atoms with Crippen LogP contribution in [0, 0.1) is 0 Å². The minimum absolute atomic E-state index is 0.264. The highest BCUT2D eigenvalue weighted by Gasteiger charge is 2.41. The SMILES string of the molecule is COCCOCCNC(=O)NC1(C(=O)O)CCOCC1. The van der Waals surface area contributed by atoms with Crippen LogP contribution in [0.2, 0.25) is 0 Å². The van der Waals surface area contributed by atoms with Gasteiger partial charge in [-0.3, -0.25) is 0 Å². The molecule has 3 N–H and O–H groups in total. The minimum atomic E-state index is -1.24. The average Bonchev–Trinajstić information content (AvgIpc) is 2.43. The quantitative estimate of drug-likeness (QED) is 0.524. The molecule has 8 heteroatoms. The van der Waals surface area contributed by atoms with Crippen LogP contribution >= 0.6 is 0 Å². The lowest BCUT2D eigenvalue weighted by Crippen LogP contribution is -2.59. The smallest absolute Gasteiger partial charge is 0.329 e. The van der Waals surface area contributed by atoms with Gasteiger partial charge < -0.3 is 30.0 Å². The Labute approximate surface area is 117 Å². The van der Waals surface area contributed by atoms with Gasteiger partial charge in [0.1, 0.15) is 5.54 Å². The van der Waals surface area contributed by atoms with E-state index in [4.69, 9.17) is 14.2 Å². The number of rotatable bonds is 8. The van der Waals surface area contributed by atoms with E-state index < -0.39 is 17.5 Å². The van der Waals surface area contributed by atoms with Gasteiger partial charge in [-0.25, -0.2) is 9.59 Å². The number of carbonyl (C=O) groups excluding carboxylic acids is 1. The second-order valence-corrected chi connectivity index (χ2v) is 4.49. The van der Waals surface area contributed by atoms with Crippen LogP contribution in [0.1, 0.15) is 12.8 Å². The van der Waals surface area contributed by atoms with E-state index in [1.807, 2.05) is 0 Å². The van der Waals surface area contributed by atoms with Crippen molar-refractivity contribution < 1.29 is 28.9 Å². The Morgan fingerprint density at radius 3 is 2.55 bits per heavy atom. The lowest BCUT2D eigenvalue weighted by atomic mass is 9.90. The molecule has 1 aliphatic rings. The Kier molecular flexibility index (Phi) is 7.27. The third-order valence-electron chi connectivity index (χ3n) is 3.07. The molecule has 1 fully saturated rings. The number of hydrogen-bond donors (Lipinski definition) is 3. The van der Waals surface area contributed by atoms with Crippen LogP contribution in [0.25, 0.3) is 0 Å². The van der Waals surface area contributed by atoms with Gasteiger partial charge in [-0.05, 0) is 0 Å². The molecular weight excluding hydrogens is 268 g/mol. The fraction of sp³-hybridized carbons (Fsp3) is 0.833. The van der Waals surface area contributed by atoms with Crippen LogP contribution in [0.5, 0.6) is 0 Å². The number of carbonyl (C=O) groups is 2. The molecule has 0 saturated carbocycles. The summed E-state index contributed by atoms with van der Waals surface area (Å²) in [4.78, 5) is 23.0. The number of carboxylic acids is 1. The van der Waals surface area contributed by atoms with Gasteiger partial charge >= 0.3 is 12.0 Å². The van der Waals surface area contributed by atoms with Crippen molar-refractivity contribution in [3.63, 3.8) is 0 Å². The van der Waals surface area contributed by atoms with Gasteiger partial charge in [0.05, 0.1) is 19.8 Å².